The van der Waals surface area contributed by atoms with Gasteiger partial charge in [0.2, 0.25) is 5.91 Å². The first-order valence-corrected chi connectivity index (χ1v) is 7.47. The van der Waals surface area contributed by atoms with E-state index in [1.807, 2.05) is 32.9 Å². The minimum Gasteiger partial charge on any atom is -0.393 e. The average Bonchev–Trinajstić information content (AvgIpc) is 2.46. The molecule has 0 saturated carbocycles. The Morgan fingerprint density at radius 3 is 2.35 bits per heavy atom. The zero-order chi connectivity index (χ0) is 15.2. The molecule has 0 aliphatic rings. The molecule has 0 fully saturated rings. The molecule has 2 N–H and O–H groups in total. The number of carbonyl (C=O) groups excluding carboxylic acids is 1. The van der Waals surface area contributed by atoms with Crippen LogP contribution in [0.25, 0.3) is 0 Å². The Balaban J connectivity index is 2.63. The number of aliphatic hydroxyl groups excluding tert-OH is 1. The van der Waals surface area contributed by atoms with Gasteiger partial charge in [0.05, 0.1) is 11.5 Å². The standard InChI is InChI=1S/C17H27NO2/c1-5-13-7-9-14(10-8-13)17(3,4)16(20)18-12-11-15(19)6-2/h7-10,15,19H,5-6,11-12H2,1-4H3,(H,18,20). The lowest BCUT2D eigenvalue weighted by Crippen LogP contribution is -2.41. The molecule has 112 valence electrons. The molecule has 1 unspecified atom stereocenters. The summed E-state index contributed by atoms with van der Waals surface area (Å²) in [4.78, 5) is 12.3. The molecule has 0 spiro atoms. The number of hydrogen-bond acceptors (Lipinski definition) is 2. The van der Waals surface area contributed by atoms with Gasteiger partial charge in [0.15, 0.2) is 0 Å². The third-order valence-electron chi connectivity index (χ3n) is 3.89. The van der Waals surface area contributed by atoms with Gasteiger partial charge in [0, 0.05) is 6.54 Å². The van der Waals surface area contributed by atoms with Crippen LogP contribution in [0.1, 0.15) is 51.7 Å². The molecular weight excluding hydrogens is 250 g/mol. The van der Waals surface area contributed by atoms with Crippen molar-refractivity contribution in [1.82, 2.24) is 5.32 Å². The van der Waals surface area contributed by atoms with Gasteiger partial charge in [-0.2, -0.15) is 0 Å². The molecule has 0 heterocycles. The summed E-state index contributed by atoms with van der Waals surface area (Å²) in [5, 5.41) is 12.4. The Morgan fingerprint density at radius 1 is 1.25 bits per heavy atom. The van der Waals surface area contributed by atoms with Crippen molar-refractivity contribution in [1.29, 1.82) is 0 Å². The minimum absolute atomic E-state index is 0.00468. The molecule has 1 aromatic carbocycles. The number of hydrogen-bond donors (Lipinski definition) is 2. The smallest absolute Gasteiger partial charge is 0.230 e. The number of nitrogens with one attached hydrogen (secondary N) is 1. The second kappa shape index (κ2) is 7.44. The highest BCUT2D eigenvalue weighted by Gasteiger charge is 2.29. The molecule has 0 aromatic heterocycles. The molecule has 1 aromatic rings. The van der Waals surface area contributed by atoms with E-state index >= 15 is 0 Å². The number of carbonyl (C=O) groups is 1. The minimum atomic E-state index is -0.552. The van der Waals surface area contributed by atoms with Gasteiger partial charge in [-0.05, 0) is 44.2 Å². The molecular formula is C17H27NO2. The monoisotopic (exact) mass is 277 g/mol. The van der Waals surface area contributed by atoms with Crippen LogP contribution in [0.5, 0.6) is 0 Å². The predicted octanol–water partition coefficient (Wildman–Crippen LogP) is 2.80. The van der Waals surface area contributed by atoms with E-state index in [-0.39, 0.29) is 12.0 Å². The number of benzene rings is 1. The van der Waals surface area contributed by atoms with E-state index in [2.05, 4.69) is 24.4 Å². The maximum atomic E-state index is 12.3. The van der Waals surface area contributed by atoms with Crippen molar-refractivity contribution in [2.45, 2.75) is 58.5 Å². The van der Waals surface area contributed by atoms with E-state index in [0.29, 0.717) is 13.0 Å². The molecule has 0 radical (unpaired) electrons. The fourth-order valence-electron chi connectivity index (χ4n) is 2.07. The lowest BCUT2D eigenvalue weighted by molar-refractivity contribution is -0.125. The summed E-state index contributed by atoms with van der Waals surface area (Å²) in [6.07, 6.45) is 1.99. The van der Waals surface area contributed by atoms with E-state index in [1.165, 1.54) is 5.56 Å². The van der Waals surface area contributed by atoms with Crippen molar-refractivity contribution in [3.63, 3.8) is 0 Å². The fraction of sp³-hybridized carbons (Fsp3) is 0.588. The molecule has 0 aliphatic carbocycles. The predicted molar refractivity (Wildman–Crippen MR) is 82.8 cm³/mol. The number of rotatable bonds is 7. The van der Waals surface area contributed by atoms with Gasteiger partial charge < -0.3 is 10.4 Å². The van der Waals surface area contributed by atoms with Crippen LogP contribution < -0.4 is 5.32 Å². The quantitative estimate of drug-likeness (QED) is 0.805. The lowest BCUT2D eigenvalue weighted by Gasteiger charge is -2.24. The van der Waals surface area contributed by atoms with Crippen LogP contribution in [0, 0.1) is 0 Å². The van der Waals surface area contributed by atoms with Gasteiger partial charge in [0.1, 0.15) is 0 Å². The third-order valence-corrected chi connectivity index (χ3v) is 3.89. The third kappa shape index (κ3) is 4.34. The first-order valence-electron chi connectivity index (χ1n) is 7.47. The number of amides is 1. The molecule has 1 amide bonds. The summed E-state index contributed by atoms with van der Waals surface area (Å²) in [7, 11) is 0. The summed E-state index contributed by atoms with van der Waals surface area (Å²) in [5.74, 6) is 0.00468. The van der Waals surface area contributed by atoms with Crippen LogP contribution in [0.2, 0.25) is 0 Å². The summed E-state index contributed by atoms with van der Waals surface area (Å²) < 4.78 is 0. The van der Waals surface area contributed by atoms with Gasteiger partial charge in [-0.3, -0.25) is 4.79 Å². The molecule has 0 bridgehead atoms. The van der Waals surface area contributed by atoms with E-state index < -0.39 is 5.41 Å². The molecule has 3 nitrogen and oxygen atoms in total. The second-order valence-electron chi connectivity index (χ2n) is 5.78. The van der Waals surface area contributed by atoms with Crippen molar-refractivity contribution in [2.24, 2.45) is 0 Å². The number of aryl methyl sites for hydroxylation is 1. The highest BCUT2D eigenvalue weighted by molar-refractivity contribution is 5.87. The Bertz CT molecular complexity index is 423. The average molecular weight is 277 g/mol. The molecule has 20 heavy (non-hydrogen) atoms. The van der Waals surface area contributed by atoms with Crippen molar-refractivity contribution in [3.05, 3.63) is 35.4 Å². The van der Waals surface area contributed by atoms with Crippen LogP contribution >= 0.6 is 0 Å². The van der Waals surface area contributed by atoms with Crippen LogP contribution in [0.15, 0.2) is 24.3 Å². The highest BCUT2D eigenvalue weighted by Crippen LogP contribution is 2.23. The Hall–Kier alpha value is -1.35. The molecule has 0 aliphatic heterocycles. The van der Waals surface area contributed by atoms with Crippen molar-refractivity contribution < 1.29 is 9.90 Å². The zero-order valence-electron chi connectivity index (χ0n) is 13.1. The normalized spacial score (nSPS) is 13.1. The lowest BCUT2D eigenvalue weighted by atomic mass is 9.83. The van der Waals surface area contributed by atoms with Gasteiger partial charge in [-0.25, -0.2) is 0 Å². The van der Waals surface area contributed by atoms with Gasteiger partial charge in [-0.15, -0.1) is 0 Å². The largest absolute Gasteiger partial charge is 0.393 e. The van der Waals surface area contributed by atoms with Crippen LogP contribution in [0.3, 0.4) is 0 Å². The van der Waals surface area contributed by atoms with Gasteiger partial charge >= 0.3 is 0 Å². The van der Waals surface area contributed by atoms with Crippen molar-refractivity contribution in [2.75, 3.05) is 6.54 Å². The fourth-order valence-corrected chi connectivity index (χ4v) is 2.07. The van der Waals surface area contributed by atoms with Gasteiger partial charge in [0.25, 0.3) is 0 Å². The topological polar surface area (TPSA) is 49.3 Å². The highest BCUT2D eigenvalue weighted by atomic mass is 16.3. The maximum Gasteiger partial charge on any atom is 0.230 e. The Kier molecular flexibility index (Phi) is 6.21. The Labute approximate surface area is 122 Å². The molecule has 1 atom stereocenters. The van der Waals surface area contributed by atoms with Crippen LogP contribution in [-0.2, 0) is 16.6 Å². The summed E-state index contributed by atoms with van der Waals surface area (Å²) in [6.45, 7) is 8.43. The number of aliphatic hydroxyl groups is 1. The maximum absolute atomic E-state index is 12.3. The Morgan fingerprint density at radius 2 is 1.85 bits per heavy atom. The van der Waals surface area contributed by atoms with Crippen molar-refractivity contribution >= 4 is 5.91 Å². The van der Waals surface area contributed by atoms with Crippen molar-refractivity contribution in [3.8, 4) is 0 Å². The summed E-state index contributed by atoms with van der Waals surface area (Å²) in [5.41, 5.74) is 1.74. The molecule has 0 saturated heterocycles. The first kappa shape index (κ1) is 16.7. The molecule has 1 rings (SSSR count). The first-order chi connectivity index (χ1) is 9.41. The summed E-state index contributed by atoms with van der Waals surface area (Å²) in [6, 6.07) is 8.20. The SMILES string of the molecule is CCc1ccc(C(C)(C)C(=O)NCCC(O)CC)cc1. The molecule has 3 heteroatoms. The van der Waals surface area contributed by atoms with Crippen LogP contribution in [0.4, 0.5) is 0 Å². The van der Waals surface area contributed by atoms with E-state index in [1.54, 1.807) is 0 Å². The van der Waals surface area contributed by atoms with E-state index in [0.717, 1.165) is 18.4 Å². The summed E-state index contributed by atoms with van der Waals surface area (Å²) >= 11 is 0. The second-order valence-corrected chi connectivity index (χ2v) is 5.78. The zero-order valence-corrected chi connectivity index (χ0v) is 13.1. The van der Waals surface area contributed by atoms with E-state index in [4.69, 9.17) is 0 Å². The van der Waals surface area contributed by atoms with E-state index in [9.17, 15) is 9.90 Å². The van der Waals surface area contributed by atoms with Crippen LogP contribution in [-0.4, -0.2) is 23.7 Å². The van der Waals surface area contributed by atoms with Gasteiger partial charge in [-0.1, -0.05) is 38.1 Å².